The van der Waals surface area contributed by atoms with Gasteiger partial charge in [-0.1, -0.05) is 0 Å². The summed E-state index contributed by atoms with van der Waals surface area (Å²) in [5.41, 5.74) is 0.212. The van der Waals surface area contributed by atoms with E-state index >= 15 is 0 Å². The van der Waals surface area contributed by atoms with Crippen LogP contribution >= 0.6 is 0 Å². The number of aromatic hydroxyl groups is 1. The predicted molar refractivity (Wildman–Crippen MR) is 68.9 cm³/mol. The summed E-state index contributed by atoms with van der Waals surface area (Å²) in [5, 5.41) is 18.5. The molecule has 0 unspecified atom stereocenters. The molecule has 4 N–H and O–H groups in total. The Hall–Kier alpha value is -2.62. The minimum atomic E-state index is -3.56. The lowest BCUT2D eigenvalue weighted by molar-refractivity contribution is 0.0691. The number of carboxylic acids is 1. The number of hydrogen-bond acceptors (Lipinski definition) is 6. The van der Waals surface area contributed by atoms with E-state index < -0.39 is 16.0 Å². The highest BCUT2D eigenvalue weighted by Gasteiger charge is 2.14. The number of aromatic amines is 1. The number of aromatic nitrogens is 3. The van der Waals surface area contributed by atoms with Gasteiger partial charge in [-0.15, -0.1) is 0 Å². The molecule has 0 atom stereocenters. The zero-order chi connectivity index (χ0) is 14.9. The molecular formula is C10H10N4O5S. The highest BCUT2D eigenvalue weighted by Crippen LogP contribution is 2.27. The van der Waals surface area contributed by atoms with Gasteiger partial charge in [-0.3, -0.25) is 4.72 Å². The molecule has 0 aliphatic carbocycles. The monoisotopic (exact) mass is 298 g/mol. The summed E-state index contributed by atoms with van der Waals surface area (Å²) in [7, 11) is -3.56. The second-order valence-corrected chi connectivity index (χ2v) is 5.66. The maximum atomic E-state index is 11.1. The molecule has 0 bridgehead atoms. The minimum absolute atomic E-state index is 0.00917. The normalized spacial score (nSPS) is 11.2. The quantitative estimate of drug-likeness (QED) is 0.632. The summed E-state index contributed by atoms with van der Waals surface area (Å²) in [6.07, 6.45) is 3.28. The zero-order valence-electron chi connectivity index (χ0n) is 10.2. The zero-order valence-corrected chi connectivity index (χ0v) is 11.0. The first-order valence-electron chi connectivity index (χ1n) is 5.22. The Bertz CT molecular complexity index is 768. The number of H-pyrrole nitrogens is 1. The smallest absolute Gasteiger partial charge is 0.352 e. The largest absolute Gasteiger partial charge is 0.504 e. The van der Waals surface area contributed by atoms with Gasteiger partial charge in [-0.05, 0) is 6.07 Å². The summed E-state index contributed by atoms with van der Waals surface area (Å²) in [4.78, 5) is 20.7. The number of rotatable bonds is 4. The topological polar surface area (TPSA) is 145 Å². The average Bonchev–Trinajstić information content (AvgIpc) is 2.79. The molecule has 0 saturated carbocycles. The number of nitrogens with one attached hydrogen (secondary N) is 2. The molecule has 106 valence electrons. The van der Waals surface area contributed by atoms with Gasteiger partial charge in [0.25, 0.3) is 0 Å². The number of hydrogen-bond donors (Lipinski definition) is 4. The number of carboxylic acid groups (broad SMARTS) is 1. The Morgan fingerprint density at radius 1 is 1.45 bits per heavy atom. The van der Waals surface area contributed by atoms with Gasteiger partial charge in [0.15, 0.2) is 5.75 Å². The fourth-order valence-electron chi connectivity index (χ4n) is 1.46. The minimum Gasteiger partial charge on any atom is -0.504 e. The van der Waals surface area contributed by atoms with Crippen molar-refractivity contribution in [3.05, 3.63) is 24.2 Å². The summed E-state index contributed by atoms with van der Waals surface area (Å²) >= 11 is 0. The van der Waals surface area contributed by atoms with Crippen LogP contribution in [0.2, 0.25) is 0 Å². The number of anilines is 1. The predicted octanol–water partition coefficient (Wildman–Crippen LogP) is 0.247. The van der Waals surface area contributed by atoms with Crippen LogP contribution in [0.3, 0.4) is 0 Å². The maximum Gasteiger partial charge on any atom is 0.352 e. The lowest BCUT2D eigenvalue weighted by Crippen LogP contribution is -2.12. The van der Waals surface area contributed by atoms with Crippen LogP contribution in [0.4, 0.5) is 5.95 Å². The van der Waals surface area contributed by atoms with E-state index in [0.717, 1.165) is 12.5 Å². The number of sulfonamides is 1. The van der Waals surface area contributed by atoms with Crippen LogP contribution in [0.25, 0.3) is 11.3 Å². The molecule has 0 radical (unpaired) electrons. The number of aromatic carboxylic acids is 1. The maximum absolute atomic E-state index is 11.1. The van der Waals surface area contributed by atoms with E-state index in [0.29, 0.717) is 5.56 Å². The lowest BCUT2D eigenvalue weighted by atomic mass is 10.2. The van der Waals surface area contributed by atoms with Crippen LogP contribution in [0.5, 0.6) is 5.75 Å². The third-order valence-corrected chi connectivity index (χ3v) is 2.79. The van der Waals surface area contributed by atoms with Gasteiger partial charge in [0.1, 0.15) is 11.4 Å². The molecule has 2 aromatic rings. The van der Waals surface area contributed by atoms with Crippen molar-refractivity contribution in [1.82, 2.24) is 15.0 Å². The Labute approximate surface area is 113 Å². The van der Waals surface area contributed by atoms with Gasteiger partial charge in [0.05, 0.1) is 12.5 Å². The molecule has 9 nitrogen and oxygen atoms in total. The molecule has 0 amide bonds. The molecule has 20 heavy (non-hydrogen) atoms. The van der Waals surface area contributed by atoms with Gasteiger partial charge < -0.3 is 15.2 Å². The molecule has 0 aliphatic heterocycles. The van der Waals surface area contributed by atoms with Gasteiger partial charge in [-0.2, -0.15) is 0 Å². The molecule has 2 heterocycles. The van der Waals surface area contributed by atoms with Gasteiger partial charge in [0.2, 0.25) is 16.0 Å². The highest BCUT2D eigenvalue weighted by atomic mass is 32.2. The lowest BCUT2D eigenvalue weighted by Gasteiger charge is -2.05. The van der Waals surface area contributed by atoms with Gasteiger partial charge in [0, 0.05) is 11.8 Å². The molecule has 0 aliphatic rings. The van der Waals surface area contributed by atoms with E-state index in [-0.39, 0.29) is 23.1 Å². The summed E-state index contributed by atoms with van der Waals surface area (Å²) in [5.74, 6) is -1.70. The van der Waals surface area contributed by atoms with Crippen LogP contribution in [-0.2, 0) is 10.0 Å². The molecule has 10 heteroatoms. The van der Waals surface area contributed by atoms with Crippen molar-refractivity contribution in [2.75, 3.05) is 11.0 Å². The van der Waals surface area contributed by atoms with Crippen molar-refractivity contribution >= 4 is 21.9 Å². The van der Waals surface area contributed by atoms with Crippen molar-refractivity contribution in [1.29, 1.82) is 0 Å². The molecule has 2 rings (SSSR count). The average molecular weight is 298 g/mol. The standard InChI is InChI=1S/C10H10N4O5S/c1-20(18,19)14-10-12-4-7(15)8(13-10)5-2-6(9(16)17)11-3-5/h2-4,11,15H,1H3,(H,16,17)(H,12,13,14). The van der Waals surface area contributed by atoms with E-state index in [1.54, 1.807) is 0 Å². The molecule has 0 fully saturated rings. The molecule has 0 saturated heterocycles. The van der Waals surface area contributed by atoms with Crippen molar-refractivity contribution in [3.63, 3.8) is 0 Å². The Morgan fingerprint density at radius 2 is 2.15 bits per heavy atom. The van der Waals surface area contributed by atoms with Crippen LogP contribution in [-0.4, -0.2) is 45.8 Å². The first-order valence-corrected chi connectivity index (χ1v) is 7.11. The first kappa shape index (κ1) is 13.8. The Morgan fingerprint density at radius 3 is 2.70 bits per heavy atom. The highest BCUT2D eigenvalue weighted by molar-refractivity contribution is 7.91. The second kappa shape index (κ2) is 4.81. The number of carbonyl (C=O) groups is 1. The van der Waals surface area contributed by atoms with Crippen LogP contribution < -0.4 is 4.72 Å². The van der Waals surface area contributed by atoms with Crippen LogP contribution in [0.1, 0.15) is 10.5 Å². The van der Waals surface area contributed by atoms with E-state index in [1.807, 2.05) is 0 Å². The van der Waals surface area contributed by atoms with Crippen molar-refractivity contribution in [3.8, 4) is 17.0 Å². The third-order valence-electron chi connectivity index (χ3n) is 2.23. The van der Waals surface area contributed by atoms with Crippen LogP contribution in [0.15, 0.2) is 18.5 Å². The fourth-order valence-corrected chi connectivity index (χ4v) is 1.89. The molecular weight excluding hydrogens is 288 g/mol. The number of nitrogens with zero attached hydrogens (tertiary/aromatic N) is 2. The van der Waals surface area contributed by atoms with Crippen molar-refractivity contribution in [2.24, 2.45) is 0 Å². The molecule has 2 aromatic heterocycles. The summed E-state index contributed by atoms with van der Waals surface area (Å²) in [6, 6.07) is 1.26. The van der Waals surface area contributed by atoms with Gasteiger partial charge in [-0.25, -0.2) is 23.2 Å². The third kappa shape index (κ3) is 3.03. The van der Waals surface area contributed by atoms with E-state index in [2.05, 4.69) is 19.7 Å². The second-order valence-electron chi connectivity index (χ2n) is 3.91. The van der Waals surface area contributed by atoms with Crippen molar-refractivity contribution < 1.29 is 23.4 Å². The van der Waals surface area contributed by atoms with Crippen molar-refractivity contribution in [2.45, 2.75) is 0 Å². The molecule has 0 spiro atoms. The Kier molecular flexibility index (Phi) is 3.32. The Balaban J connectivity index is 2.44. The van der Waals surface area contributed by atoms with Gasteiger partial charge >= 0.3 is 5.97 Å². The van der Waals surface area contributed by atoms with E-state index in [4.69, 9.17) is 5.11 Å². The summed E-state index contributed by atoms with van der Waals surface area (Å²) in [6.45, 7) is 0. The summed E-state index contributed by atoms with van der Waals surface area (Å²) < 4.78 is 24.2. The van der Waals surface area contributed by atoms with Crippen LogP contribution in [0, 0.1) is 0 Å². The van der Waals surface area contributed by atoms with E-state index in [1.165, 1.54) is 12.3 Å². The van der Waals surface area contributed by atoms with E-state index in [9.17, 15) is 18.3 Å². The SMILES string of the molecule is CS(=O)(=O)Nc1ncc(O)c(-c2c[nH]c(C(=O)O)c2)n1. The fraction of sp³-hybridized carbons (Fsp3) is 0.100. The molecule has 0 aromatic carbocycles. The first-order chi connectivity index (χ1) is 9.26.